The van der Waals surface area contributed by atoms with Gasteiger partial charge in [0.05, 0.1) is 16.6 Å². The maximum atomic E-state index is 12.2. The Labute approximate surface area is 151 Å². The van der Waals surface area contributed by atoms with Gasteiger partial charge in [0.1, 0.15) is 5.15 Å². The number of fused-ring (bicyclic) bond motifs is 1. The van der Waals surface area contributed by atoms with Crippen LogP contribution in [0, 0.1) is 13.8 Å². The van der Waals surface area contributed by atoms with Gasteiger partial charge in [-0.05, 0) is 43.7 Å². The number of aromatic nitrogens is 1. The zero-order valence-electron chi connectivity index (χ0n) is 13.7. The van der Waals surface area contributed by atoms with Gasteiger partial charge in [-0.2, -0.15) is 13.5 Å². The number of hydrogen-bond donors (Lipinski definition) is 1. The normalized spacial score (nSPS) is 12.0. The summed E-state index contributed by atoms with van der Waals surface area (Å²) in [5.41, 5.74) is 3.38. The molecule has 1 heterocycles. The van der Waals surface area contributed by atoms with E-state index in [0.717, 1.165) is 22.0 Å². The van der Waals surface area contributed by atoms with Crippen molar-refractivity contribution >= 4 is 38.7 Å². The van der Waals surface area contributed by atoms with Crippen molar-refractivity contribution in [2.45, 2.75) is 18.7 Å². The number of nitrogens with one attached hydrogen (secondary N) is 1. The second-order valence-corrected chi connectivity index (χ2v) is 7.75. The molecule has 0 aliphatic heterocycles. The monoisotopic (exact) mass is 373 g/mol. The fraction of sp³-hybridized carbons (Fsp3) is 0.111. The molecule has 25 heavy (non-hydrogen) atoms. The van der Waals surface area contributed by atoms with Gasteiger partial charge in [-0.15, -0.1) is 0 Å². The van der Waals surface area contributed by atoms with Crippen LogP contribution in [0.15, 0.2) is 58.5 Å². The average molecular weight is 374 g/mol. The number of pyridine rings is 1. The van der Waals surface area contributed by atoms with Gasteiger partial charge in [0.15, 0.2) is 0 Å². The van der Waals surface area contributed by atoms with Crippen LogP contribution in [0.2, 0.25) is 5.15 Å². The van der Waals surface area contributed by atoms with E-state index in [1.54, 1.807) is 12.1 Å². The SMILES string of the molecule is Cc1ccc(S(=O)(=O)N/N=C\c2cc3ccc(C)cc3nc2Cl)cc1. The van der Waals surface area contributed by atoms with E-state index in [2.05, 4.69) is 14.9 Å². The summed E-state index contributed by atoms with van der Waals surface area (Å²) < 4.78 is 24.4. The topological polar surface area (TPSA) is 71.4 Å². The first kappa shape index (κ1) is 17.4. The van der Waals surface area contributed by atoms with Crippen LogP contribution in [0.4, 0.5) is 0 Å². The third-order valence-electron chi connectivity index (χ3n) is 3.66. The Balaban J connectivity index is 1.84. The highest BCUT2D eigenvalue weighted by atomic mass is 35.5. The standard InChI is InChI=1S/C18H16ClN3O2S/c1-12-4-7-16(8-5-12)25(23,24)22-20-11-15-10-14-6-3-13(2)9-17(14)21-18(15)19/h3-11,22H,1-2H3/b20-11-. The Hall–Kier alpha value is -2.44. The molecule has 3 aromatic rings. The lowest BCUT2D eigenvalue weighted by Crippen LogP contribution is -2.18. The molecule has 3 rings (SSSR count). The first-order valence-corrected chi connectivity index (χ1v) is 9.40. The van der Waals surface area contributed by atoms with Crippen molar-refractivity contribution in [3.05, 3.63) is 70.4 Å². The molecule has 2 aromatic carbocycles. The second-order valence-electron chi connectivity index (χ2n) is 5.73. The first-order valence-electron chi connectivity index (χ1n) is 7.54. The Kier molecular flexibility index (Phi) is 4.74. The number of hydrazone groups is 1. The number of aryl methyl sites for hydroxylation is 2. The molecule has 0 aliphatic rings. The van der Waals surface area contributed by atoms with Crippen LogP contribution in [0.3, 0.4) is 0 Å². The van der Waals surface area contributed by atoms with Gasteiger partial charge in [0.2, 0.25) is 0 Å². The third kappa shape index (κ3) is 3.97. The second kappa shape index (κ2) is 6.82. The van der Waals surface area contributed by atoms with E-state index in [1.807, 2.05) is 38.1 Å². The van der Waals surface area contributed by atoms with Crippen molar-refractivity contribution < 1.29 is 8.42 Å². The van der Waals surface area contributed by atoms with E-state index in [1.165, 1.54) is 18.3 Å². The molecule has 0 saturated heterocycles. The molecule has 1 N–H and O–H groups in total. The van der Waals surface area contributed by atoms with Crippen LogP contribution >= 0.6 is 11.6 Å². The number of halogens is 1. The summed E-state index contributed by atoms with van der Waals surface area (Å²) in [5.74, 6) is 0. The molecular weight excluding hydrogens is 358 g/mol. The van der Waals surface area contributed by atoms with Crippen molar-refractivity contribution in [3.8, 4) is 0 Å². The van der Waals surface area contributed by atoms with Crippen molar-refractivity contribution in [2.75, 3.05) is 0 Å². The van der Waals surface area contributed by atoms with E-state index in [-0.39, 0.29) is 10.0 Å². The summed E-state index contributed by atoms with van der Waals surface area (Å²) >= 11 is 6.16. The number of nitrogens with zero attached hydrogens (tertiary/aromatic N) is 2. The van der Waals surface area contributed by atoms with Gasteiger partial charge in [0, 0.05) is 10.9 Å². The maximum absolute atomic E-state index is 12.2. The van der Waals surface area contributed by atoms with Crippen LogP contribution in [-0.2, 0) is 10.0 Å². The number of sulfonamides is 1. The maximum Gasteiger partial charge on any atom is 0.276 e. The van der Waals surface area contributed by atoms with Crippen LogP contribution in [0.1, 0.15) is 16.7 Å². The molecule has 0 saturated carbocycles. The average Bonchev–Trinajstić information content (AvgIpc) is 2.56. The largest absolute Gasteiger partial charge is 0.276 e. The molecule has 0 amide bonds. The fourth-order valence-corrected chi connectivity index (χ4v) is 3.28. The van der Waals surface area contributed by atoms with Crippen LogP contribution < -0.4 is 4.83 Å². The van der Waals surface area contributed by atoms with E-state index in [9.17, 15) is 8.42 Å². The molecule has 0 bridgehead atoms. The zero-order valence-corrected chi connectivity index (χ0v) is 15.3. The van der Waals surface area contributed by atoms with Gasteiger partial charge in [0.25, 0.3) is 10.0 Å². The molecule has 0 fully saturated rings. The van der Waals surface area contributed by atoms with Crippen LogP contribution in [0.5, 0.6) is 0 Å². The lowest BCUT2D eigenvalue weighted by Gasteiger charge is -2.05. The molecular formula is C18H16ClN3O2S. The molecule has 0 radical (unpaired) electrons. The fourth-order valence-electron chi connectivity index (χ4n) is 2.30. The van der Waals surface area contributed by atoms with E-state index >= 15 is 0 Å². The molecule has 0 unspecified atom stereocenters. The Morgan fingerprint density at radius 2 is 1.72 bits per heavy atom. The predicted molar refractivity (Wildman–Crippen MR) is 101 cm³/mol. The van der Waals surface area contributed by atoms with Gasteiger partial charge in [-0.3, -0.25) is 0 Å². The van der Waals surface area contributed by atoms with Crippen molar-refractivity contribution in [2.24, 2.45) is 5.10 Å². The smallest absolute Gasteiger partial charge is 0.235 e. The summed E-state index contributed by atoms with van der Waals surface area (Å²) in [6, 6.07) is 14.2. The Morgan fingerprint density at radius 1 is 1.04 bits per heavy atom. The van der Waals surface area contributed by atoms with Crippen LogP contribution in [0.25, 0.3) is 10.9 Å². The minimum atomic E-state index is -3.72. The Morgan fingerprint density at radius 3 is 2.44 bits per heavy atom. The first-order chi connectivity index (χ1) is 11.8. The van der Waals surface area contributed by atoms with E-state index in [0.29, 0.717) is 5.56 Å². The number of benzene rings is 2. The highest BCUT2D eigenvalue weighted by molar-refractivity contribution is 7.89. The molecule has 7 heteroatoms. The molecule has 1 aromatic heterocycles. The van der Waals surface area contributed by atoms with Crippen molar-refractivity contribution in [1.82, 2.24) is 9.82 Å². The van der Waals surface area contributed by atoms with E-state index < -0.39 is 10.0 Å². The zero-order chi connectivity index (χ0) is 18.0. The summed E-state index contributed by atoms with van der Waals surface area (Å²) in [6.07, 6.45) is 1.35. The summed E-state index contributed by atoms with van der Waals surface area (Å²) in [6.45, 7) is 3.86. The van der Waals surface area contributed by atoms with Gasteiger partial charge in [-0.1, -0.05) is 41.4 Å². The minimum Gasteiger partial charge on any atom is -0.235 e. The number of rotatable bonds is 4. The van der Waals surface area contributed by atoms with Gasteiger partial charge >= 0.3 is 0 Å². The van der Waals surface area contributed by atoms with Gasteiger partial charge in [-0.25, -0.2) is 9.82 Å². The molecule has 0 spiro atoms. The minimum absolute atomic E-state index is 0.147. The predicted octanol–water partition coefficient (Wildman–Crippen LogP) is 3.82. The Bertz CT molecular complexity index is 1060. The number of hydrogen-bond acceptors (Lipinski definition) is 4. The van der Waals surface area contributed by atoms with Crippen molar-refractivity contribution in [3.63, 3.8) is 0 Å². The van der Waals surface area contributed by atoms with Gasteiger partial charge < -0.3 is 0 Å². The van der Waals surface area contributed by atoms with Crippen molar-refractivity contribution in [1.29, 1.82) is 0 Å². The highest BCUT2D eigenvalue weighted by Gasteiger charge is 2.12. The summed E-state index contributed by atoms with van der Waals surface area (Å²) in [4.78, 5) is 6.65. The highest BCUT2D eigenvalue weighted by Crippen LogP contribution is 2.20. The lowest BCUT2D eigenvalue weighted by atomic mass is 10.1. The summed E-state index contributed by atoms with van der Waals surface area (Å²) in [5, 5.41) is 4.97. The molecule has 128 valence electrons. The van der Waals surface area contributed by atoms with E-state index in [4.69, 9.17) is 11.6 Å². The van der Waals surface area contributed by atoms with Crippen LogP contribution in [-0.4, -0.2) is 19.6 Å². The lowest BCUT2D eigenvalue weighted by molar-refractivity contribution is 0.584. The molecule has 5 nitrogen and oxygen atoms in total. The quantitative estimate of drug-likeness (QED) is 0.429. The molecule has 0 atom stereocenters. The molecule has 0 aliphatic carbocycles. The summed E-state index contributed by atoms with van der Waals surface area (Å²) in [7, 11) is -3.72. The third-order valence-corrected chi connectivity index (χ3v) is 5.20.